The molecule has 6 nitrogen and oxygen atoms in total. The van der Waals surface area contributed by atoms with Crippen molar-refractivity contribution in [3.8, 4) is 16.9 Å². The molecule has 158 valence electrons. The molecule has 0 bridgehead atoms. The van der Waals surface area contributed by atoms with Crippen LogP contribution in [0.25, 0.3) is 28.0 Å². The first kappa shape index (κ1) is 20.5. The number of likely N-dealkylation sites (N-methyl/N-ethyl adjacent to an activating group) is 1. The number of hydrogen-bond acceptors (Lipinski definition) is 5. The summed E-state index contributed by atoms with van der Waals surface area (Å²) in [5.74, 6) is 0.831. The summed E-state index contributed by atoms with van der Waals surface area (Å²) in [7, 11) is 2.13. The first-order chi connectivity index (χ1) is 15.0. The first-order valence-corrected chi connectivity index (χ1v) is 11.0. The summed E-state index contributed by atoms with van der Waals surface area (Å²) < 4.78 is 1.82. The first-order valence-electron chi connectivity index (χ1n) is 9.90. The molecule has 5 rings (SSSR count). The zero-order valence-electron chi connectivity index (χ0n) is 16.8. The summed E-state index contributed by atoms with van der Waals surface area (Å²) in [6, 6.07) is 13.0. The summed E-state index contributed by atoms with van der Waals surface area (Å²) in [6.07, 6.45) is 1.60. The third kappa shape index (κ3) is 3.85. The predicted octanol–water partition coefficient (Wildman–Crippen LogP) is 5.19. The number of fused-ring (bicyclic) bond motifs is 1. The molecule has 1 saturated heterocycles. The molecule has 0 radical (unpaired) electrons. The van der Waals surface area contributed by atoms with Crippen molar-refractivity contribution in [2.24, 2.45) is 0 Å². The monoisotopic (exact) mass is 472 g/mol. The zero-order valence-corrected chi connectivity index (χ0v) is 19.0. The highest BCUT2D eigenvalue weighted by Gasteiger charge is 2.24. The highest BCUT2D eigenvalue weighted by Crippen LogP contribution is 2.36. The van der Waals surface area contributed by atoms with E-state index < -0.39 is 0 Å². The van der Waals surface area contributed by atoms with Crippen molar-refractivity contribution >= 4 is 51.7 Å². The minimum absolute atomic E-state index is 0.504. The van der Waals surface area contributed by atoms with Crippen LogP contribution >= 0.6 is 34.8 Å². The van der Waals surface area contributed by atoms with Gasteiger partial charge in [0.2, 0.25) is 0 Å². The molecule has 0 amide bonds. The standard InChI is InChI=1S/C22H19Cl3N6/c1-29-8-10-30(11-9-29)22-20-19(26-13-27-22)21(14-2-4-15(23)5-3-14)31(28-20)18-7-6-16(24)12-17(18)25/h2-7,12-13H,8-11H2,1H3. The van der Waals surface area contributed by atoms with Crippen molar-refractivity contribution in [3.05, 3.63) is 63.9 Å². The Balaban J connectivity index is 1.75. The van der Waals surface area contributed by atoms with Gasteiger partial charge in [-0.2, -0.15) is 5.10 Å². The van der Waals surface area contributed by atoms with Crippen molar-refractivity contribution in [3.63, 3.8) is 0 Å². The number of nitrogens with zero attached hydrogens (tertiary/aromatic N) is 6. The average Bonchev–Trinajstić information content (AvgIpc) is 3.14. The molecule has 2 aromatic heterocycles. The van der Waals surface area contributed by atoms with E-state index in [1.807, 2.05) is 35.0 Å². The van der Waals surface area contributed by atoms with Gasteiger partial charge < -0.3 is 9.80 Å². The maximum Gasteiger partial charge on any atom is 0.160 e. The molecule has 3 heterocycles. The van der Waals surface area contributed by atoms with E-state index in [4.69, 9.17) is 39.9 Å². The molecular formula is C22H19Cl3N6. The largest absolute Gasteiger partial charge is 0.352 e. The maximum absolute atomic E-state index is 6.56. The van der Waals surface area contributed by atoms with Crippen molar-refractivity contribution in [2.75, 3.05) is 38.1 Å². The van der Waals surface area contributed by atoms with Gasteiger partial charge in [0.05, 0.1) is 10.7 Å². The topological polar surface area (TPSA) is 50.1 Å². The van der Waals surface area contributed by atoms with Crippen LogP contribution in [0.4, 0.5) is 5.82 Å². The summed E-state index contributed by atoms with van der Waals surface area (Å²) in [4.78, 5) is 13.8. The second-order valence-electron chi connectivity index (χ2n) is 7.55. The number of benzene rings is 2. The molecule has 9 heteroatoms. The third-order valence-electron chi connectivity index (χ3n) is 5.50. The molecule has 0 aliphatic carbocycles. The number of rotatable bonds is 3. The van der Waals surface area contributed by atoms with Gasteiger partial charge in [-0.15, -0.1) is 0 Å². The molecular weight excluding hydrogens is 455 g/mol. The van der Waals surface area contributed by atoms with E-state index in [9.17, 15) is 0 Å². The molecule has 1 aliphatic rings. The smallest absolute Gasteiger partial charge is 0.160 e. The normalized spacial score (nSPS) is 15.0. The van der Waals surface area contributed by atoms with E-state index in [1.165, 1.54) is 0 Å². The Morgan fingerprint density at radius 2 is 1.52 bits per heavy atom. The van der Waals surface area contributed by atoms with E-state index in [0.29, 0.717) is 15.1 Å². The van der Waals surface area contributed by atoms with Crippen molar-refractivity contribution in [2.45, 2.75) is 0 Å². The van der Waals surface area contributed by atoms with Crippen LogP contribution in [0.2, 0.25) is 15.1 Å². The zero-order chi connectivity index (χ0) is 21.5. The fraction of sp³-hybridized carbons (Fsp3) is 0.227. The summed E-state index contributed by atoms with van der Waals surface area (Å²) in [5.41, 5.74) is 3.98. The van der Waals surface area contributed by atoms with Gasteiger partial charge in [-0.25, -0.2) is 14.6 Å². The van der Waals surface area contributed by atoms with Gasteiger partial charge in [0.1, 0.15) is 17.5 Å². The Kier molecular flexibility index (Phi) is 5.48. The van der Waals surface area contributed by atoms with E-state index in [-0.39, 0.29) is 0 Å². The van der Waals surface area contributed by atoms with Crippen LogP contribution < -0.4 is 4.90 Å². The SMILES string of the molecule is CN1CCN(c2ncnc3c(-c4ccc(Cl)cc4)n(-c4ccc(Cl)cc4Cl)nc23)CC1. The quantitative estimate of drug-likeness (QED) is 0.410. The van der Waals surface area contributed by atoms with Gasteiger partial charge in [0, 0.05) is 41.8 Å². The lowest BCUT2D eigenvalue weighted by Gasteiger charge is -2.33. The second-order valence-corrected chi connectivity index (χ2v) is 8.83. The van der Waals surface area contributed by atoms with Crippen LogP contribution in [0.5, 0.6) is 0 Å². The Morgan fingerprint density at radius 1 is 0.806 bits per heavy atom. The van der Waals surface area contributed by atoms with Crippen LogP contribution in [0.15, 0.2) is 48.8 Å². The second kappa shape index (κ2) is 8.28. The van der Waals surface area contributed by atoms with Crippen molar-refractivity contribution in [1.82, 2.24) is 24.6 Å². The lowest BCUT2D eigenvalue weighted by atomic mass is 10.1. The molecule has 1 fully saturated rings. The molecule has 31 heavy (non-hydrogen) atoms. The lowest BCUT2D eigenvalue weighted by Crippen LogP contribution is -2.44. The van der Waals surface area contributed by atoms with Crippen LogP contribution in [-0.2, 0) is 0 Å². The van der Waals surface area contributed by atoms with Crippen LogP contribution in [0.3, 0.4) is 0 Å². The maximum atomic E-state index is 6.56. The van der Waals surface area contributed by atoms with E-state index in [1.54, 1.807) is 18.5 Å². The predicted molar refractivity (Wildman–Crippen MR) is 127 cm³/mol. The van der Waals surface area contributed by atoms with Gasteiger partial charge >= 0.3 is 0 Å². The van der Waals surface area contributed by atoms with Gasteiger partial charge in [0.15, 0.2) is 11.3 Å². The van der Waals surface area contributed by atoms with Gasteiger partial charge in [0.25, 0.3) is 0 Å². The molecule has 1 aliphatic heterocycles. The Bertz CT molecular complexity index is 1250. The number of piperazine rings is 1. The Labute approximate surface area is 195 Å². The minimum atomic E-state index is 0.504. The molecule has 0 spiro atoms. The Morgan fingerprint density at radius 3 is 2.23 bits per heavy atom. The van der Waals surface area contributed by atoms with Crippen LogP contribution in [0.1, 0.15) is 0 Å². The lowest BCUT2D eigenvalue weighted by molar-refractivity contribution is 0.312. The highest BCUT2D eigenvalue weighted by molar-refractivity contribution is 6.35. The highest BCUT2D eigenvalue weighted by atomic mass is 35.5. The fourth-order valence-electron chi connectivity index (χ4n) is 3.83. The molecule has 0 saturated carbocycles. The van der Waals surface area contributed by atoms with Gasteiger partial charge in [-0.1, -0.05) is 46.9 Å². The van der Waals surface area contributed by atoms with E-state index in [2.05, 4.69) is 26.8 Å². The van der Waals surface area contributed by atoms with Crippen molar-refractivity contribution in [1.29, 1.82) is 0 Å². The number of anilines is 1. The average molecular weight is 474 g/mol. The van der Waals surface area contributed by atoms with E-state index in [0.717, 1.165) is 60.0 Å². The number of halogens is 3. The number of aromatic nitrogens is 4. The van der Waals surface area contributed by atoms with Crippen molar-refractivity contribution < 1.29 is 0 Å². The fourth-order valence-corrected chi connectivity index (χ4v) is 4.44. The van der Waals surface area contributed by atoms with Gasteiger partial charge in [-0.3, -0.25) is 0 Å². The molecule has 4 aromatic rings. The molecule has 2 aromatic carbocycles. The summed E-state index contributed by atoms with van der Waals surface area (Å²) in [5, 5.41) is 6.68. The molecule has 0 atom stereocenters. The van der Waals surface area contributed by atoms with Crippen LogP contribution in [-0.4, -0.2) is 57.9 Å². The molecule has 0 N–H and O–H groups in total. The molecule has 0 unspecified atom stereocenters. The Hall–Kier alpha value is -2.38. The summed E-state index contributed by atoms with van der Waals surface area (Å²) in [6.45, 7) is 3.71. The third-order valence-corrected chi connectivity index (χ3v) is 6.29. The minimum Gasteiger partial charge on any atom is -0.352 e. The van der Waals surface area contributed by atoms with E-state index >= 15 is 0 Å². The summed E-state index contributed by atoms with van der Waals surface area (Å²) >= 11 is 18.8. The number of hydrogen-bond donors (Lipinski definition) is 0. The van der Waals surface area contributed by atoms with Gasteiger partial charge in [-0.05, 0) is 37.4 Å². The van der Waals surface area contributed by atoms with Crippen LogP contribution in [0, 0.1) is 0 Å².